The lowest BCUT2D eigenvalue weighted by molar-refractivity contribution is -0.124. The molecule has 0 unspecified atom stereocenters. The van der Waals surface area contributed by atoms with E-state index in [2.05, 4.69) is 24.3 Å². The Bertz CT molecular complexity index is 616. The van der Waals surface area contributed by atoms with Crippen LogP contribution in [0, 0.1) is 0 Å². The molecular formula is C19H20O4. The van der Waals surface area contributed by atoms with Crippen LogP contribution < -0.4 is 0 Å². The Balaban J connectivity index is 1.28. The second-order valence-corrected chi connectivity index (χ2v) is 5.91. The molecule has 2 fully saturated rings. The highest BCUT2D eigenvalue weighted by Gasteiger charge is 2.58. The predicted octanol–water partition coefficient (Wildman–Crippen LogP) is 2.91. The van der Waals surface area contributed by atoms with Gasteiger partial charge in [0.1, 0.15) is 18.3 Å². The lowest BCUT2D eigenvalue weighted by atomic mass is 10.2. The molecule has 4 atom stereocenters. The maximum absolute atomic E-state index is 6.03. The molecule has 0 radical (unpaired) electrons. The molecule has 2 aliphatic heterocycles. The highest BCUT2D eigenvalue weighted by atomic mass is 16.8. The van der Waals surface area contributed by atoms with Crippen molar-refractivity contribution in [2.75, 3.05) is 6.61 Å². The predicted molar refractivity (Wildman–Crippen MR) is 84.7 cm³/mol. The number of ether oxygens (including phenoxy) is 4. The van der Waals surface area contributed by atoms with Crippen LogP contribution in [0.15, 0.2) is 60.7 Å². The minimum atomic E-state index is -0.110. The molecule has 2 aliphatic rings. The van der Waals surface area contributed by atoms with Crippen LogP contribution in [0.2, 0.25) is 0 Å². The molecular weight excluding hydrogens is 292 g/mol. The minimum Gasteiger partial charge on any atom is -0.374 e. The van der Waals surface area contributed by atoms with Crippen molar-refractivity contribution in [3.8, 4) is 0 Å². The van der Waals surface area contributed by atoms with Gasteiger partial charge in [0, 0.05) is 0 Å². The highest BCUT2D eigenvalue weighted by Crippen LogP contribution is 2.39. The third-order valence-corrected chi connectivity index (χ3v) is 4.16. The molecule has 0 amide bonds. The standard InChI is InChI=1S/C19H20O4/c1-3-7-14(8-4-1)11-20-13-16-17(18-19(22-16)23-18)21-12-15-9-5-2-6-10-15/h1-10,16-19H,11-13H2/t16-,17-,18-,19-/m1/s1. The second kappa shape index (κ2) is 6.81. The zero-order valence-electron chi connectivity index (χ0n) is 12.8. The molecule has 23 heavy (non-hydrogen) atoms. The monoisotopic (exact) mass is 312 g/mol. The molecule has 2 aromatic rings. The SMILES string of the molecule is c1ccc(COC[C@H]2O[C@@H]3O[C@@H]3[C@@H]2OCc2ccccc2)cc1. The van der Waals surface area contributed by atoms with Crippen LogP contribution in [0.3, 0.4) is 0 Å². The molecule has 0 aromatic heterocycles. The van der Waals surface area contributed by atoms with Crippen molar-refractivity contribution in [3.05, 3.63) is 71.8 Å². The first-order valence-corrected chi connectivity index (χ1v) is 7.98. The van der Waals surface area contributed by atoms with E-state index in [-0.39, 0.29) is 24.6 Å². The van der Waals surface area contributed by atoms with E-state index >= 15 is 0 Å². The Hall–Kier alpha value is -1.72. The largest absolute Gasteiger partial charge is 0.374 e. The number of benzene rings is 2. The smallest absolute Gasteiger partial charge is 0.187 e. The molecule has 4 rings (SSSR count). The first-order valence-electron chi connectivity index (χ1n) is 7.98. The van der Waals surface area contributed by atoms with Gasteiger partial charge in [0.15, 0.2) is 6.29 Å². The van der Waals surface area contributed by atoms with Gasteiger partial charge in [-0.05, 0) is 11.1 Å². The maximum Gasteiger partial charge on any atom is 0.187 e. The van der Waals surface area contributed by atoms with Crippen LogP contribution in [0.1, 0.15) is 11.1 Å². The van der Waals surface area contributed by atoms with Gasteiger partial charge in [0.2, 0.25) is 0 Å². The fourth-order valence-corrected chi connectivity index (χ4v) is 2.88. The van der Waals surface area contributed by atoms with Gasteiger partial charge >= 0.3 is 0 Å². The van der Waals surface area contributed by atoms with Gasteiger partial charge < -0.3 is 18.9 Å². The minimum absolute atomic E-state index is 0.0593. The second-order valence-electron chi connectivity index (χ2n) is 5.91. The third-order valence-electron chi connectivity index (χ3n) is 4.16. The average Bonchev–Trinajstić information content (AvgIpc) is 3.28. The fourth-order valence-electron chi connectivity index (χ4n) is 2.88. The first kappa shape index (κ1) is 14.8. The zero-order chi connectivity index (χ0) is 15.5. The van der Waals surface area contributed by atoms with Crippen molar-refractivity contribution in [3.63, 3.8) is 0 Å². The van der Waals surface area contributed by atoms with Crippen molar-refractivity contribution < 1.29 is 18.9 Å². The number of rotatable bonds is 7. The normalized spacial score (nSPS) is 28.5. The Kier molecular flexibility index (Phi) is 4.39. The summed E-state index contributed by atoms with van der Waals surface area (Å²) < 4.78 is 23.1. The van der Waals surface area contributed by atoms with Gasteiger partial charge in [-0.25, -0.2) is 0 Å². The topological polar surface area (TPSA) is 40.2 Å². The zero-order valence-corrected chi connectivity index (χ0v) is 12.8. The summed E-state index contributed by atoms with van der Waals surface area (Å²) in [4.78, 5) is 0. The summed E-state index contributed by atoms with van der Waals surface area (Å²) in [5.74, 6) is 0. The summed E-state index contributed by atoms with van der Waals surface area (Å²) in [6, 6.07) is 20.3. The van der Waals surface area contributed by atoms with Crippen LogP contribution in [-0.2, 0) is 32.2 Å². The Morgan fingerprint density at radius 3 is 2.13 bits per heavy atom. The summed E-state index contributed by atoms with van der Waals surface area (Å²) >= 11 is 0. The first-order chi connectivity index (χ1) is 11.4. The lowest BCUT2D eigenvalue weighted by Crippen LogP contribution is -2.34. The Morgan fingerprint density at radius 1 is 0.783 bits per heavy atom. The van der Waals surface area contributed by atoms with E-state index in [4.69, 9.17) is 18.9 Å². The third kappa shape index (κ3) is 3.62. The van der Waals surface area contributed by atoms with E-state index in [0.717, 1.165) is 11.1 Å². The van der Waals surface area contributed by atoms with Gasteiger partial charge in [-0.15, -0.1) is 0 Å². The Morgan fingerprint density at radius 2 is 1.43 bits per heavy atom. The molecule has 2 saturated heterocycles. The highest BCUT2D eigenvalue weighted by molar-refractivity contribution is 5.14. The van der Waals surface area contributed by atoms with E-state index in [0.29, 0.717) is 19.8 Å². The lowest BCUT2D eigenvalue weighted by Gasteiger charge is -2.21. The summed E-state index contributed by atoms with van der Waals surface area (Å²) in [5, 5.41) is 0. The van der Waals surface area contributed by atoms with Crippen LogP contribution >= 0.6 is 0 Å². The van der Waals surface area contributed by atoms with Crippen LogP contribution in [0.25, 0.3) is 0 Å². The van der Waals surface area contributed by atoms with Crippen molar-refractivity contribution in [2.24, 2.45) is 0 Å². The number of hydrogen-bond acceptors (Lipinski definition) is 4. The molecule has 0 saturated carbocycles. The molecule has 0 bridgehead atoms. The Labute approximate surface area is 135 Å². The molecule has 0 spiro atoms. The molecule has 120 valence electrons. The number of hydrogen-bond donors (Lipinski definition) is 0. The summed E-state index contributed by atoms with van der Waals surface area (Å²) in [6.07, 6.45) is -0.174. The molecule has 2 heterocycles. The number of fused-ring (bicyclic) bond motifs is 1. The van der Waals surface area contributed by atoms with Crippen molar-refractivity contribution in [1.29, 1.82) is 0 Å². The fraction of sp³-hybridized carbons (Fsp3) is 0.368. The van der Waals surface area contributed by atoms with E-state index in [1.807, 2.05) is 36.4 Å². The van der Waals surface area contributed by atoms with Crippen molar-refractivity contribution >= 4 is 0 Å². The van der Waals surface area contributed by atoms with Gasteiger partial charge in [0.25, 0.3) is 0 Å². The van der Waals surface area contributed by atoms with Gasteiger partial charge in [0.05, 0.1) is 19.8 Å². The van der Waals surface area contributed by atoms with Crippen LogP contribution in [0.5, 0.6) is 0 Å². The van der Waals surface area contributed by atoms with Crippen molar-refractivity contribution in [1.82, 2.24) is 0 Å². The van der Waals surface area contributed by atoms with Gasteiger partial charge in [-0.2, -0.15) is 0 Å². The number of epoxide rings is 1. The summed E-state index contributed by atoms with van der Waals surface area (Å²) in [6.45, 7) is 1.67. The van der Waals surface area contributed by atoms with E-state index < -0.39 is 0 Å². The van der Waals surface area contributed by atoms with Crippen LogP contribution in [0.4, 0.5) is 0 Å². The van der Waals surface area contributed by atoms with Gasteiger partial charge in [-0.1, -0.05) is 60.7 Å². The molecule has 4 nitrogen and oxygen atoms in total. The van der Waals surface area contributed by atoms with E-state index in [1.54, 1.807) is 0 Å². The summed E-state index contributed by atoms with van der Waals surface area (Å²) in [7, 11) is 0. The average molecular weight is 312 g/mol. The maximum atomic E-state index is 6.03. The molecule has 0 aliphatic carbocycles. The molecule has 0 N–H and O–H groups in total. The van der Waals surface area contributed by atoms with Gasteiger partial charge in [-0.3, -0.25) is 0 Å². The summed E-state index contributed by atoms with van der Waals surface area (Å²) in [5.41, 5.74) is 2.31. The quantitative estimate of drug-likeness (QED) is 0.737. The van der Waals surface area contributed by atoms with E-state index in [1.165, 1.54) is 0 Å². The van der Waals surface area contributed by atoms with Crippen molar-refractivity contribution in [2.45, 2.75) is 37.8 Å². The van der Waals surface area contributed by atoms with E-state index in [9.17, 15) is 0 Å². The van der Waals surface area contributed by atoms with Crippen LogP contribution in [-0.4, -0.2) is 31.2 Å². The molecule has 4 heteroatoms. The molecule has 2 aromatic carbocycles.